The molecule has 1 fully saturated rings. The van der Waals surface area contributed by atoms with E-state index in [1.165, 1.54) is 0 Å². The highest BCUT2D eigenvalue weighted by atomic mass is 16.3. The van der Waals surface area contributed by atoms with Crippen molar-refractivity contribution in [2.75, 3.05) is 13.2 Å². The van der Waals surface area contributed by atoms with Crippen LogP contribution in [-0.2, 0) is 10.2 Å². The van der Waals surface area contributed by atoms with Gasteiger partial charge in [-0.2, -0.15) is 0 Å². The van der Waals surface area contributed by atoms with Crippen LogP contribution in [0.2, 0.25) is 0 Å². The predicted molar refractivity (Wildman–Crippen MR) is 57.6 cm³/mol. The summed E-state index contributed by atoms with van der Waals surface area (Å²) in [6.45, 7) is 2.56. The Morgan fingerprint density at radius 2 is 2.33 bits per heavy atom. The molecule has 80 valence electrons. The van der Waals surface area contributed by atoms with Gasteiger partial charge in [0.2, 0.25) is 5.91 Å². The maximum Gasteiger partial charge on any atom is 0.221 e. The lowest BCUT2D eigenvalue weighted by Gasteiger charge is -2.25. The maximum atomic E-state index is 11.3. The second-order valence-corrected chi connectivity index (χ2v) is 4.26. The molecule has 0 bridgehead atoms. The Balaban J connectivity index is 2.38. The number of aliphatic hydroxyl groups excluding tert-OH is 1. The molecular weight excluding hydrogens is 190 g/mol. The van der Waals surface area contributed by atoms with Gasteiger partial charge >= 0.3 is 0 Å². The normalized spacial score (nSPS) is 25.3. The van der Waals surface area contributed by atoms with Gasteiger partial charge in [-0.1, -0.05) is 29.8 Å². The fourth-order valence-corrected chi connectivity index (χ4v) is 2.08. The molecule has 1 aromatic rings. The molecule has 1 aliphatic heterocycles. The molecule has 0 spiro atoms. The summed E-state index contributed by atoms with van der Waals surface area (Å²) in [5, 5.41) is 12.3. The fraction of sp³-hybridized carbons (Fsp3) is 0.417. The van der Waals surface area contributed by atoms with Gasteiger partial charge in [0, 0.05) is 18.4 Å². The molecule has 0 aromatic heterocycles. The molecule has 15 heavy (non-hydrogen) atoms. The predicted octanol–water partition coefficient (Wildman–Crippen LogP) is 0.745. The molecular formula is C12H15NO2. The van der Waals surface area contributed by atoms with Crippen LogP contribution < -0.4 is 5.32 Å². The van der Waals surface area contributed by atoms with E-state index in [4.69, 9.17) is 0 Å². The Kier molecular flexibility index (Phi) is 2.49. The minimum absolute atomic E-state index is 0.00912. The molecule has 1 aromatic carbocycles. The number of hydrogen-bond acceptors (Lipinski definition) is 2. The van der Waals surface area contributed by atoms with Crippen LogP contribution in [0.15, 0.2) is 24.3 Å². The van der Waals surface area contributed by atoms with Crippen molar-refractivity contribution >= 4 is 5.91 Å². The zero-order valence-corrected chi connectivity index (χ0v) is 8.79. The van der Waals surface area contributed by atoms with E-state index in [0.29, 0.717) is 13.0 Å². The Hall–Kier alpha value is -1.35. The van der Waals surface area contributed by atoms with Gasteiger partial charge in [0.25, 0.3) is 0 Å². The van der Waals surface area contributed by atoms with E-state index >= 15 is 0 Å². The molecule has 0 aliphatic carbocycles. The molecule has 1 unspecified atom stereocenters. The summed E-state index contributed by atoms with van der Waals surface area (Å²) in [4.78, 5) is 11.3. The topological polar surface area (TPSA) is 49.3 Å². The lowest BCUT2D eigenvalue weighted by molar-refractivity contribution is -0.119. The van der Waals surface area contributed by atoms with Gasteiger partial charge < -0.3 is 10.4 Å². The zero-order chi connectivity index (χ0) is 10.9. The van der Waals surface area contributed by atoms with Gasteiger partial charge in [-0.05, 0) is 12.5 Å². The molecule has 0 radical (unpaired) electrons. The van der Waals surface area contributed by atoms with Crippen LogP contribution in [-0.4, -0.2) is 24.2 Å². The smallest absolute Gasteiger partial charge is 0.221 e. The minimum Gasteiger partial charge on any atom is -0.395 e. The van der Waals surface area contributed by atoms with E-state index in [1.54, 1.807) is 0 Å². The first-order chi connectivity index (χ1) is 7.16. The summed E-state index contributed by atoms with van der Waals surface area (Å²) in [5.74, 6) is 0.0190. The summed E-state index contributed by atoms with van der Waals surface area (Å²) in [6.07, 6.45) is 0.382. The summed E-state index contributed by atoms with van der Waals surface area (Å²) >= 11 is 0. The third kappa shape index (κ3) is 1.75. The second-order valence-electron chi connectivity index (χ2n) is 4.26. The Labute approximate surface area is 89.1 Å². The lowest BCUT2D eigenvalue weighted by atomic mass is 9.80. The molecule has 3 nitrogen and oxygen atoms in total. The van der Waals surface area contributed by atoms with E-state index < -0.39 is 5.41 Å². The van der Waals surface area contributed by atoms with Gasteiger partial charge in [-0.3, -0.25) is 4.79 Å². The van der Waals surface area contributed by atoms with E-state index in [1.807, 2.05) is 31.2 Å². The third-order valence-electron chi connectivity index (χ3n) is 3.06. The molecule has 0 saturated carbocycles. The second kappa shape index (κ2) is 3.66. The number of carbonyl (C=O) groups excluding carboxylic acids is 1. The Morgan fingerprint density at radius 3 is 2.87 bits per heavy atom. The monoisotopic (exact) mass is 205 g/mol. The van der Waals surface area contributed by atoms with Gasteiger partial charge in [0.15, 0.2) is 0 Å². The Morgan fingerprint density at radius 1 is 1.53 bits per heavy atom. The van der Waals surface area contributed by atoms with Crippen molar-refractivity contribution in [2.24, 2.45) is 0 Å². The third-order valence-corrected chi connectivity index (χ3v) is 3.06. The molecule has 1 amide bonds. The number of nitrogens with one attached hydrogen (secondary N) is 1. The summed E-state index contributed by atoms with van der Waals surface area (Å²) in [6, 6.07) is 7.99. The highest BCUT2D eigenvalue weighted by Crippen LogP contribution is 2.31. The standard InChI is InChI=1S/C12H15NO2/c1-9-3-2-4-10(5-9)12(8-14)6-11(15)13-7-12/h2-5,14H,6-8H2,1H3,(H,13,15). The van der Waals surface area contributed by atoms with Crippen LogP contribution in [0.4, 0.5) is 0 Å². The molecule has 1 heterocycles. The van der Waals surface area contributed by atoms with Crippen LogP contribution in [0.25, 0.3) is 0 Å². The van der Waals surface area contributed by atoms with Crippen molar-refractivity contribution in [3.05, 3.63) is 35.4 Å². The van der Waals surface area contributed by atoms with Crippen LogP contribution in [0.5, 0.6) is 0 Å². The number of benzene rings is 1. The molecule has 1 atom stereocenters. The summed E-state index contributed by atoms with van der Waals surface area (Å²) < 4.78 is 0. The molecule has 3 heteroatoms. The molecule has 2 N–H and O–H groups in total. The van der Waals surface area contributed by atoms with Crippen molar-refractivity contribution in [3.8, 4) is 0 Å². The number of carbonyl (C=O) groups is 1. The first-order valence-corrected chi connectivity index (χ1v) is 5.11. The molecule has 1 aliphatic rings. The van der Waals surface area contributed by atoms with Gasteiger partial charge in [0.1, 0.15) is 0 Å². The van der Waals surface area contributed by atoms with Crippen LogP contribution in [0.3, 0.4) is 0 Å². The fourth-order valence-electron chi connectivity index (χ4n) is 2.08. The van der Waals surface area contributed by atoms with Crippen LogP contribution >= 0.6 is 0 Å². The van der Waals surface area contributed by atoms with Crippen LogP contribution in [0.1, 0.15) is 17.5 Å². The van der Waals surface area contributed by atoms with Gasteiger partial charge in [0.05, 0.1) is 6.61 Å². The minimum atomic E-state index is -0.414. The highest BCUT2D eigenvalue weighted by molar-refractivity contribution is 5.80. The SMILES string of the molecule is Cc1cccc(C2(CO)CNC(=O)C2)c1. The number of hydrogen-bond donors (Lipinski definition) is 2. The van der Waals surface area contributed by atoms with Crippen molar-refractivity contribution < 1.29 is 9.90 Å². The van der Waals surface area contributed by atoms with E-state index in [-0.39, 0.29) is 12.5 Å². The largest absolute Gasteiger partial charge is 0.395 e. The molecule has 1 saturated heterocycles. The van der Waals surface area contributed by atoms with Crippen LogP contribution in [0, 0.1) is 6.92 Å². The average molecular weight is 205 g/mol. The maximum absolute atomic E-state index is 11.3. The quantitative estimate of drug-likeness (QED) is 0.748. The summed E-state index contributed by atoms with van der Waals surface area (Å²) in [5.41, 5.74) is 1.78. The number of aryl methyl sites for hydroxylation is 1. The first kappa shape index (κ1) is 10.2. The Bertz CT molecular complexity index is 389. The zero-order valence-electron chi connectivity index (χ0n) is 8.79. The van der Waals surface area contributed by atoms with E-state index in [2.05, 4.69) is 5.32 Å². The average Bonchev–Trinajstić information content (AvgIpc) is 2.61. The lowest BCUT2D eigenvalue weighted by Crippen LogP contribution is -2.33. The van der Waals surface area contributed by atoms with Crippen molar-refractivity contribution in [3.63, 3.8) is 0 Å². The molecule has 2 rings (SSSR count). The summed E-state index contributed by atoms with van der Waals surface area (Å²) in [7, 11) is 0. The van der Waals surface area contributed by atoms with Gasteiger partial charge in [-0.25, -0.2) is 0 Å². The van der Waals surface area contributed by atoms with Gasteiger partial charge in [-0.15, -0.1) is 0 Å². The van der Waals surface area contributed by atoms with Crippen molar-refractivity contribution in [2.45, 2.75) is 18.8 Å². The number of aliphatic hydroxyl groups is 1. The van der Waals surface area contributed by atoms with E-state index in [0.717, 1.165) is 11.1 Å². The van der Waals surface area contributed by atoms with Crippen molar-refractivity contribution in [1.82, 2.24) is 5.32 Å². The number of rotatable bonds is 2. The highest BCUT2D eigenvalue weighted by Gasteiger charge is 2.39. The van der Waals surface area contributed by atoms with E-state index in [9.17, 15) is 9.90 Å². The first-order valence-electron chi connectivity index (χ1n) is 5.11. The number of amides is 1. The van der Waals surface area contributed by atoms with Crippen molar-refractivity contribution in [1.29, 1.82) is 0 Å².